The van der Waals surface area contributed by atoms with Crippen LogP contribution in [0.4, 0.5) is 0 Å². The number of thiophene rings is 1. The molecule has 1 rings (SSSR count). The molecule has 0 unspecified atom stereocenters. The van der Waals surface area contributed by atoms with E-state index in [4.69, 9.17) is 0 Å². The SMILES string of the molecule is CC(C)NCCCCc1sccc1Br. The molecular formula is C11H18BrNS. The Morgan fingerprint density at radius 1 is 1.43 bits per heavy atom. The molecule has 14 heavy (non-hydrogen) atoms. The van der Waals surface area contributed by atoms with Crippen LogP contribution in [0.25, 0.3) is 0 Å². The summed E-state index contributed by atoms with van der Waals surface area (Å²) in [6, 6.07) is 2.75. The van der Waals surface area contributed by atoms with E-state index in [0.29, 0.717) is 6.04 Å². The van der Waals surface area contributed by atoms with E-state index in [9.17, 15) is 0 Å². The van der Waals surface area contributed by atoms with Gasteiger partial charge < -0.3 is 5.32 Å². The Labute approximate surface area is 99.0 Å². The number of aryl methyl sites for hydroxylation is 1. The normalized spacial score (nSPS) is 11.1. The van der Waals surface area contributed by atoms with E-state index in [2.05, 4.69) is 46.5 Å². The van der Waals surface area contributed by atoms with Gasteiger partial charge in [0.15, 0.2) is 0 Å². The number of unbranched alkanes of at least 4 members (excludes halogenated alkanes) is 1. The Bertz CT molecular complexity index is 258. The Hall–Kier alpha value is 0.140. The average molecular weight is 276 g/mol. The average Bonchev–Trinajstić information content (AvgIpc) is 2.51. The number of hydrogen-bond acceptors (Lipinski definition) is 2. The van der Waals surface area contributed by atoms with Crippen LogP contribution in [0.3, 0.4) is 0 Å². The summed E-state index contributed by atoms with van der Waals surface area (Å²) in [5.74, 6) is 0. The molecule has 0 aliphatic rings. The molecule has 1 nitrogen and oxygen atoms in total. The molecule has 0 fully saturated rings. The van der Waals surface area contributed by atoms with E-state index in [0.717, 1.165) is 6.54 Å². The van der Waals surface area contributed by atoms with Gasteiger partial charge in [0.1, 0.15) is 0 Å². The topological polar surface area (TPSA) is 12.0 Å². The summed E-state index contributed by atoms with van der Waals surface area (Å²) >= 11 is 5.40. The van der Waals surface area contributed by atoms with Crippen molar-refractivity contribution in [3.05, 3.63) is 20.8 Å². The van der Waals surface area contributed by atoms with Gasteiger partial charge in [-0.25, -0.2) is 0 Å². The third-order valence-corrected chi connectivity index (χ3v) is 4.06. The van der Waals surface area contributed by atoms with Crippen molar-refractivity contribution in [2.24, 2.45) is 0 Å². The van der Waals surface area contributed by atoms with Crippen molar-refractivity contribution in [3.63, 3.8) is 0 Å². The fourth-order valence-corrected chi connectivity index (χ4v) is 2.90. The maximum atomic E-state index is 3.55. The predicted molar refractivity (Wildman–Crippen MR) is 68.1 cm³/mol. The molecule has 1 heterocycles. The standard InChI is InChI=1S/C11H18BrNS/c1-9(2)13-7-4-3-5-11-10(12)6-8-14-11/h6,8-9,13H,3-5,7H2,1-2H3. The summed E-state index contributed by atoms with van der Waals surface area (Å²) in [6.07, 6.45) is 3.75. The molecule has 1 aromatic heterocycles. The second-order valence-corrected chi connectivity index (χ2v) is 5.61. The van der Waals surface area contributed by atoms with E-state index in [1.54, 1.807) is 0 Å². The van der Waals surface area contributed by atoms with Crippen molar-refractivity contribution in [1.82, 2.24) is 5.32 Å². The lowest BCUT2D eigenvalue weighted by Gasteiger charge is -2.06. The molecule has 0 amide bonds. The molecule has 0 aliphatic heterocycles. The first-order chi connectivity index (χ1) is 6.70. The molecule has 0 saturated carbocycles. The second-order valence-electron chi connectivity index (χ2n) is 3.76. The van der Waals surface area contributed by atoms with E-state index >= 15 is 0 Å². The lowest BCUT2D eigenvalue weighted by molar-refractivity contribution is 0.558. The van der Waals surface area contributed by atoms with Gasteiger partial charge in [0.05, 0.1) is 0 Å². The first-order valence-electron chi connectivity index (χ1n) is 5.15. The molecule has 0 bridgehead atoms. The smallest absolute Gasteiger partial charge is 0.0314 e. The minimum Gasteiger partial charge on any atom is -0.315 e. The molecule has 0 radical (unpaired) electrons. The molecule has 1 aromatic rings. The van der Waals surface area contributed by atoms with Crippen molar-refractivity contribution in [2.75, 3.05) is 6.54 Å². The Morgan fingerprint density at radius 2 is 2.21 bits per heavy atom. The summed E-state index contributed by atoms with van der Waals surface area (Å²) in [6.45, 7) is 5.52. The van der Waals surface area contributed by atoms with Crippen LogP contribution in [0, 0.1) is 0 Å². The Kier molecular flexibility index (Phi) is 5.75. The lowest BCUT2D eigenvalue weighted by Crippen LogP contribution is -2.23. The zero-order valence-corrected chi connectivity index (χ0v) is 11.2. The molecule has 0 spiro atoms. The molecule has 0 saturated heterocycles. The molecule has 80 valence electrons. The Balaban J connectivity index is 2.08. The van der Waals surface area contributed by atoms with Gasteiger partial charge in [0, 0.05) is 15.4 Å². The summed E-state index contributed by atoms with van der Waals surface area (Å²) in [5, 5.41) is 5.58. The van der Waals surface area contributed by atoms with Crippen molar-refractivity contribution >= 4 is 27.3 Å². The molecule has 3 heteroatoms. The highest BCUT2D eigenvalue weighted by Gasteiger charge is 2.00. The van der Waals surface area contributed by atoms with Crippen molar-refractivity contribution in [2.45, 2.75) is 39.2 Å². The minimum absolute atomic E-state index is 0.614. The summed E-state index contributed by atoms with van der Waals surface area (Å²) < 4.78 is 1.28. The van der Waals surface area contributed by atoms with Crippen LogP contribution >= 0.6 is 27.3 Å². The van der Waals surface area contributed by atoms with Crippen molar-refractivity contribution < 1.29 is 0 Å². The van der Waals surface area contributed by atoms with Crippen LogP contribution in [0.1, 0.15) is 31.6 Å². The van der Waals surface area contributed by atoms with Crippen LogP contribution < -0.4 is 5.32 Å². The highest BCUT2D eigenvalue weighted by Crippen LogP contribution is 2.24. The second kappa shape index (κ2) is 6.59. The van der Waals surface area contributed by atoms with Gasteiger partial charge in [-0.1, -0.05) is 13.8 Å². The number of rotatable bonds is 6. The first kappa shape index (κ1) is 12.2. The van der Waals surface area contributed by atoms with E-state index < -0.39 is 0 Å². The van der Waals surface area contributed by atoms with E-state index in [1.807, 2.05) is 11.3 Å². The van der Waals surface area contributed by atoms with Crippen LogP contribution in [0.15, 0.2) is 15.9 Å². The number of hydrogen-bond donors (Lipinski definition) is 1. The van der Waals surface area contributed by atoms with Crippen LogP contribution in [-0.2, 0) is 6.42 Å². The summed E-state index contributed by atoms with van der Waals surface area (Å²) in [4.78, 5) is 1.48. The third-order valence-electron chi connectivity index (χ3n) is 2.07. The minimum atomic E-state index is 0.614. The van der Waals surface area contributed by atoms with Crippen molar-refractivity contribution in [1.29, 1.82) is 0 Å². The van der Waals surface area contributed by atoms with E-state index in [1.165, 1.54) is 28.6 Å². The monoisotopic (exact) mass is 275 g/mol. The lowest BCUT2D eigenvalue weighted by atomic mass is 10.2. The third kappa shape index (κ3) is 4.58. The first-order valence-corrected chi connectivity index (χ1v) is 6.82. The van der Waals surface area contributed by atoms with Crippen LogP contribution in [0.2, 0.25) is 0 Å². The fourth-order valence-electron chi connectivity index (χ4n) is 1.30. The summed E-state index contributed by atoms with van der Waals surface area (Å²) in [5.41, 5.74) is 0. The van der Waals surface area contributed by atoms with Crippen LogP contribution in [0.5, 0.6) is 0 Å². The van der Waals surface area contributed by atoms with E-state index in [-0.39, 0.29) is 0 Å². The van der Waals surface area contributed by atoms with Gasteiger partial charge in [-0.3, -0.25) is 0 Å². The number of halogens is 1. The zero-order chi connectivity index (χ0) is 10.4. The van der Waals surface area contributed by atoms with Crippen LogP contribution in [-0.4, -0.2) is 12.6 Å². The highest BCUT2D eigenvalue weighted by molar-refractivity contribution is 9.10. The van der Waals surface area contributed by atoms with Crippen molar-refractivity contribution in [3.8, 4) is 0 Å². The molecule has 0 aliphatic carbocycles. The molecular weight excluding hydrogens is 258 g/mol. The van der Waals surface area contributed by atoms with Gasteiger partial charge in [-0.2, -0.15) is 0 Å². The van der Waals surface area contributed by atoms with Gasteiger partial charge in [0.2, 0.25) is 0 Å². The quantitative estimate of drug-likeness (QED) is 0.779. The molecule has 0 atom stereocenters. The van der Waals surface area contributed by atoms with Gasteiger partial charge in [-0.05, 0) is 53.2 Å². The fraction of sp³-hybridized carbons (Fsp3) is 0.636. The largest absolute Gasteiger partial charge is 0.315 e. The molecule has 0 aromatic carbocycles. The number of nitrogens with one attached hydrogen (secondary N) is 1. The maximum Gasteiger partial charge on any atom is 0.0314 e. The predicted octanol–water partition coefficient (Wildman–Crippen LogP) is 3.83. The van der Waals surface area contributed by atoms with Gasteiger partial charge in [-0.15, -0.1) is 11.3 Å². The van der Waals surface area contributed by atoms with Gasteiger partial charge in [0.25, 0.3) is 0 Å². The Morgan fingerprint density at radius 3 is 2.79 bits per heavy atom. The highest BCUT2D eigenvalue weighted by atomic mass is 79.9. The maximum absolute atomic E-state index is 3.55. The van der Waals surface area contributed by atoms with Gasteiger partial charge >= 0.3 is 0 Å². The molecule has 1 N–H and O–H groups in total. The zero-order valence-electron chi connectivity index (χ0n) is 8.85. The summed E-state index contributed by atoms with van der Waals surface area (Å²) in [7, 11) is 0.